The van der Waals surface area contributed by atoms with E-state index in [9.17, 15) is 4.39 Å². The molecule has 2 rings (SSSR count). The second-order valence-corrected chi connectivity index (χ2v) is 7.63. The van der Waals surface area contributed by atoms with Gasteiger partial charge in [0, 0.05) is 15.5 Å². The molecule has 2 atom stereocenters. The van der Waals surface area contributed by atoms with E-state index in [1.54, 1.807) is 6.07 Å². The van der Waals surface area contributed by atoms with Crippen LogP contribution in [0, 0.1) is 15.3 Å². The minimum Gasteiger partial charge on any atom is -0.369 e. The van der Waals surface area contributed by atoms with Crippen molar-refractivity contribution in [1.29, 1.82) is 0 Å². The van der Waals surface area contributed by atoms with Crippen molar-refractivity contribution in [3.63, 3.8) is 0 Å². The third-order valence-corrected chi connectivity index (χ3v) is 4.83. The first-order valence-corrected chi connectivity index (χ1v) is 7.61. The fourth-order valence-corrected chi connectivity index (χ4v) is 3.99. The summed E-state index contributed by atoms with van der Waals surface area (Å²) < 4.78 is 20.2. The average Bonchev–Trinajstić information content (AvgIpc) is 2.45. The summed E-state index contributed by atoms with van der Waals surface area (Å²) in [6, 6.07) is 4.67. The first-order chi connectivity index (χ1) is 8.62. The van der Waals surface area contributed by atoms with Crippen LogP contribution in [0.15, 0.2) is 18.2 Å². The molecule has 0 bridgehead atoms. The van der Waals surface area contributed by atoms with Crippen LogP contribution in [0.5, 0.6) is 0 Å². The van der Waals surface area contributed by atoms with Gasteiger partial charge in [-0.1, -0.05) is 6.07 Å². The molecule has 0 spiro atoms. The summed E-state index contributed by atoms with van der Waals surface area (Å²) in [5.41, 5.74) is 7.02. The molecule has 19 heavy (non-hydrogen) atoms. The normalized spacial score (nSPS) is 26.4. The maximum Gasteiger partial charge on any atom is 0.124 e. The van der Waals surface area contributed by atoms with Crippen LogP contribution in [0.2, 0.25) is 0 Å². The number of hydrogen-bond donors (Lipinski definition) is 1. The van der Waals surface area contributed by atoms with Gasteiger partial charge in [0.1, 0.15) is 5.82 Å². The molecule has 2 nitrogen and oxygen atoms in total. The molecule has 1 saturated heterocycles. The Balaban J connectivity index is 2.31. The maximum absolute atomic E-state index is 13.2. The summed E-state index contributed by atoms with van der Waals surface area (Å²) in [5, 5.41) is 0. The third kappa shape index (κ3) is 3.11. The Morgan fingerprint density at radius 2 is 2.00 bits per heavy atom. The third-order valence-electron chi connectivity index (χ3n) is 3.90. The highest BCUT2D eigenvalue weighted by Crippen LogP contribution is 2.47. The fraction of sp³-hybridized carbons (Fsp3) is 0.600. The van der Waals surface area contributed by atoms with E-state index in [1.807, 2.05) is 0 Å². The predicted octanol–water partition coefficient (Wildman–Crippen LogP) is 4.02. The van der Waals surface area contributed by atoms with Crippen LogP contribution in [0.4, 0.5) is 4.39 Å². The van der Waals surface area contributed by atoms with Crippen molar-refractivity contribution >= 4 is 22.6 Å². The molecule has 2 unspecified atom stereocenters. The summed E-state index contributed by atoms with van der Waals surface area (Å²) in [6.45, 7) is 8.36. The molecule has 1 heterocycles. The topological polar surface area (TPSA) is 35.2 Å². The van der Waals surface area contributed by atoms with Crippen molar-refractivity contribution in [2.45, 2.75) is 51.4 Å². The van der Waals surface area contributed by atoms with Crippen LogP contribution in [-0.4, -0.2) is 11.2 Å². The lowest BCUT2D eigenvalue weighted by atomic mass is 9.79. The number of benzene rings is 1. The molecule has 1 aliphatic heterocycles. The summed E-state index contributed by atoms with van der Waals surface area (Å²) in [7, 11) is 0. The summed E-state index contributed by atoms with van der Waals surface area (Å²) in [5.74, 6) is 0.00379. The van der Waals surface area contributed by atoms with Gasteiger partial charge in [0.05, 0.1) is 11.2 Å². The maximum atomic E-state index is 13.2. The summed E-state index contributed by atoms with van der Waals surface area (Å²) in [4.78, 5) is 0. The van der Waals surface area contributed by atoms with E-state index in [2.05, 4.69) is 50.3 Å². The Morgan fingerprint density at radius 3 is 2.47 bits per heavy atom. The van der Waals surface area contributed by atoms with Gasteiger partial charge >= 0.3 is 0 Å². The van der Waals surface area contributed by atoms with Gasteiger partial charge < -0.3 is 10.5 Å². The molecular weight excluding hydrogens is 356 g/mol. The molecule has 0 radical (unpaired) electrons. The van der Waals surface area contributed by atoms with Gasteiger partial charge in [-0.15, -0.1) is 0 Å². The lowest BCUT2D eigenvalue weighted by Crippen LogP contribution is -2.36. The number of halogens is 2. The summed E-state index contributed by atoms with van der Waals surface area (Å²) >= 11 is 2.15. The molecule has 1 aromatic rings. The van der Waals surface area contributed by atoms with Crippen molar-refractivity contribution in [3.8, 4) is 0 Å². The lowest BCUT2D eigenvalue weighted by Gasteiger charge is -2.31. The highest BCUT2D eigenvalue weighted by atomic mass is 127. The largest absolute Gasteiger partial charge is 0.369 e. The van der Waals surface area contributed by atoms with Gasteiger partial charge in [0.15, 0.2) is 0 Å². The minimum atomic E-state index is -0.264. The molecule has 1 fully saturated rings. The van der Waals surface area contributed by atoms with Crippen molar-refractivity contribution in [2.24, 2.45) is 11.7 Å². The Hall–Kier alpha value is -0.200. The van der Waals surface area contributed by atoms with Gasteiger partial charge in [-0.25, -0.2) is 4.39 Å². The van der Waals surface area contributed by atoms with E-state index in [1.165, 1.54) is 12.1 Å². The van der Waals surface area contributed by atoms with Gasteiger partial charge in [0.2, 0.25) is 0 Å². The van der Waals surface area contributed by atoms with Crippen LogP contribution in [0.3, 0.4) is 0 Å². The van der Waals surface area contributed by atoms with Gasteiger partial charge in [-0.3, -0.25) is 0 Å². The number of rotatable bonds is 2. The molecule has 106 valence electrons. The van der Waals surface area contributed by atoms with Crippen LogP contribution < -0.4 is 5.73 Å². The van der Waals surface area contributed by atoms with Crippen LogP contribution in [-0.2, 0) is 4.74 Å². The van der Waals surface area contributed by atoms with E-state index in [4.69, 9.17) is 10.5 Å². The van der Waals surface area contributed by atoms with E-state index in [-0.39, 0.29) is 29.0 Å². The Labute approximate surface area is 128 Å². The smallest absolute Gasteiger partial charge is 0.124 e. The zero-order chi connectivity index (χ0) is 14.4. The summed E-state index contributed by atoms with van der Waals surface area (Å²) in [6.07, 6.45) is 0.911. The van der Waals surface area contributed by atoms with Crippen molar-refractivity contribution in [3.05, 3.63) is 33.1 Å². The van der Waals surface area contributed by atoms with Crippen LogP contribution in [0.25, 0.3) is 0 Å². The van der Waals surface area contributed by atoms with E-state index >= 15 is 0 Å². The number of nitrogens with two attached hydrogens (primary N) is 1. The molecular formula is C15H21FINO. The second-order valence-electron chi connectivity index (χ2n) is 6.47. The first-order valence-electron chi connectivity index (χ1n) is 6.53. The molecule has 0 aromatic heterocycles. The molecule has 0 aliphatic carbocycles. The minimum absolute atomic E-state index is 0.135. The van der Waals surface area contributed by atoms with Gasteiger partial charge in [-0.05, 0) is 74.4 Å². The van der Waals surface area contributed by atoms with Gasteiger partial charge in [0.25, 0.3) is 0 Å². The average molecular weight is 377 g/mol. The highest BCUT2D eigenvalue weighted by molar-refractivity contribution is 14.1. The predicted molar refractivity (Wildman–Crippen MR) is 83.4 cm³/mol. The van der Waals surface area contributed by atoms with E-state index in [0.29, 0.717) is 0 Å². The second kappa shape index (κ2) is 4.97. The molecule has 1 aliphatic rings. The molecule has 1 aromatic carbocycles. The quantitative estimate of drug-likeness (QED) is 0.791. The highest BCUT2D eigenvalue weighted by Gasteiger charge is 2.48. The van der Waals surface area contributed by atoms with Crippen molar-refractivity contribution in [1.82, 2.24) is 0 Å². The molecule has 4 heteroatoms. The van der Waals surface area contributed by atoms with E-state index in [0.717, 1.165) is 15.6 Å². The van der Waals surface area contributed by atoms with Crippen LogP contribution >= 0.6 is 22.6 Å². The monoisotopic (exact) mass is 377 g/mol. The number of hydrogen-bond acceptors (Lipinski definition) is 2. The van der Waals surface area contributed by atoms with Gasteiger partial charge in [-0.2, -0.15) is 0 Å². The number of ether oxygens (including phenoxy) is 1. The van der Waals surface area contributed by atoms with Crippen molar-refractivity contribution in [2.75, 3.05) is 0 Å². The Kier molecular flexibility index (Phi) is 3.97. The standard InChI is InChI=1S/C15H21FINO/c1-14(2)8-11(15(3,4)19-14)13(18)10-6-5-9(16)7-12(10)17/h5-7,11,13H,8,18H2,1-4H3. The molecule has 2 N–H and O–H groups in total. The van der Waals surface area contributed by atoms with Crippen LogP contribution in [0.1, 0.15) is 45.7 Å². The van der Waals surface area contributed by atoms with Crippen molar-refractivity contribution < 1.29 is 9.13 Å². The zero-order valence-corrected chi connectivity index (χ0v) is 14.0. The SMILES string of the molecule is CC1(C)CC(C(N)c2ccc(F)cc2I)C(C)(C)O1. The Bertz CT molecular complexity index is 487. The molecule has 0 saturated carbocycles. The lowest BCUT2D eigenvalue weighted by molar-refractivity contribution is -0.0767. The fourth-order valence-electron chi connectivity index (χ4n) is 3.15. The Morgan fingerprint density at radius 1 is 1.37 bits per heavy atom. The molecule has 0 amide bonds. The van der Waals surface area contributed by atoms with E-state index < -0.39 is 0 Å². The zero-order valence-electron chi connectivity index (χ0n) is 11.8. The first kappa shape index (κ1) is 15.2.